The SMILES string of the molecule is CCc1oc(C(=O)N2CC3(CCCC3)c3c(F)cccc32)cc1C(=O)O. The molecule has 0 unspecified atom stereocenters. The second-order valence-corrected chi connectivity index (χ2v) is 7.12. The number of rotatable bonds is 3. The molecule has 26 heavy (non-hydrogen) atoms. The molecule has 4 rings (SSSR count). The number of hydrogen-bond donors (Lipinski definition) is 1. The van der Waals surface area contributed by atoms with E-state index in [1.54, 1.807) is 24.0 Å². The van der Waals surface area contributed by atoms with Crippen LogP contribution in [-0.2, 0) is 11.8 Å². The zero-order chi connectivity index (χ0) is 18.5. The van der Waals surface area contributed by atoms with Crippen LogP contribution in [0.25, 0.3) is 0 Å². The van der Waals surface area contributed by atoms with Crippen LogP contribution in [0.4, 0.5) is 10.1 Å². The zero-order valence-electron chi connectivity index (χ0n) is 14.5. The molecule has 1 aliphatic heterocycles. The number of fused-ring (bicyclic) bond motifs is 2. The monoisotopic (exact) mass is 357 g/mol. The average Bonchev–Trinajstić information content (AvgIpc) is 3.33. The number of nitrogens with zero attached hydrogens (tertiary/aromatic N) is 1. The van der Waals surface area contributed by atoms with Gasteiger partial charge in [-0.1, -0.05) is 25.8 Å². The molecule has 1 amide bonds. The number of carboxylic acids is 1. The highest BCUT2D eigenvalue weighted by atomic mass is 19.1. The summed E-state index contributed by atoms with van der Waals surface area (Å²) in [4.78, 5) is 26.0. The summed E-state index contributed by atoms with van der Waals surface area (Å²) >= 11 is 0. The minimum Gasteiger partial charge on any atom is -0.478 e. The van der Waals surface area contributed by atoms with Gasteiger partial charge in [0.15, 0.2) is 5.76 Å². The molecule has 1 spiro atoms. The summed E-state index contributed by atoms with van der Waals surface area (Å²) < 4.78 is 20.1. The fourth-order valence-corrected chi connectivity index (χ4v) is 4.48. The predicted octanol–water partition coefficient (Wildman–Crippen LogP) is 4.15. The lowest BCUT2D eigenvalue weighted by Crippen LogP contribution is -2.35. The van der Waals surface area contributed by atoms with Crippen LogP contribution < -0.4 is 4.90 Å². The maximum atomic E-state index is 14.6. The summed E-state index contributed by atoms with van der Waals surface area (Å²) in [6.45, 7) is 2.18. The molecule has 1 aliphatic carbocycles. The van der Waals surface area contributed by atoms with Gasteiger partial charge < -0.3 is 14.4 Å². The van der Waals surface area contributed by atoms with Gasteiger partial charge >= 0.3 is 5.97 Å². The number of hydrogen-bond acceptors (Lipinski definition) is 3. The fraction of sp³-hybridized carbons (Fsp3) is 0.400. The van der Waals surface area contributed by atoms with E-state index in [-0.39, 0.29) is 28.3 Å². The molecule has 2 aliphatic rings. The Labute approximate surface area is 150 Å². The largest absolute Gasteiger partial charge is 0.478 e. The quantitative estimate of drug-likeness (QED) is 0.896. The first kappa shape index (κ1) is 16.8. The van der Waals surface area contributed by atoms with Crippen LogP contribution >= 0.6 is 0 Å². The van der Waals surface area contributed by atoms with Crippen LogP contribution in [0.2, 0.25) is 0 Å². The number of aromatic carboxylic acids is 1. The van der Waals surface area contributed by atoms with Crippen molar-refractivity contribution in [3.63, 3.8) is 0 Å². The van der Waals surface area contributed by atoms with Gasteiger partial charge in [0.25, 0.3) is 5.91 Å². The van der Waals surface area contributed by atoms with Crippen LogP contribution in [0.5, 0.6) is 0 Å². The van der Waals surface area contributed by atoms with Gasteiger partial charge in [0, 0.05) is 30.0 Å². The van der Waals surface area contributed by atoms with E-state index >= 15 is 0 Å². The molecule has 1 saturated carbocycles. The van der Waals surface area contributed by atoms with Crippen molar-refractivity contribution in [2.75, 3.05) is 11.4 Å². The Morgan fingerprint density at radius 3 is 2.65 bits per heavy atom. The van der Waals surface area contributed by atoms with E-state index in [4.69, 9.17) is 4.42 Å². The molecule has 2 heterocycles. The Morgan fingerprint density at radius 2 is 2.04 bits per heavy atom. The highest BCUT2D eigenvalue weighted by Crippen LogP contribution is 2.51. The molecule has 1 aromatic heterocycles. The van der Waals surface area contributed by atoms with Gasteiger partial charge in [0.05, 0.1) is 5.69 Å². The lowest BCUT2D eigenvalue weighted by atomic mass is 9.80. The molecular formula is C20H20FNO4. The number of carboxylic acid groups (broad SMARTS) is 1. The van der Waals surface area contributed by atoms with Crippen molar-refractivity contribution < 1.29 is 23.5 Å². The molecule has 5 nitrogen and oxygen atoms in total. The highest BCUT2D eigenvalue weighted by Gasteiger charge is 2.48. The Morgan fingerprint density at radius 1 is 1.31 bits per heavy atom. The number of halogens is 1. The summed E-state index contributed by atoms with van der Waals surface area (Å²) in [6, 6.07) is 6.08. The highest BCUT2D eigenvalue weighted by molar-refractivity contribution is 6.07. The van der Waals surface area contributed by atoms with Crippen molar-refractivity contribution in [2.45, 2.75) is 44.4 Å². The molecule has 1 fully saturated rings. The van der Waals surface area contributed by atoms with Gasteiger partial charge in [0.1, 0.15) is 17.1 Å². The van der Waals surface area contributed by atoms with Gasteiger partial charge in [-0.3, -0.25) is 4.79 Å². The summed E-state index contributed by atoms with van der Waals surface area (Å²) in [6.07, 6.45) is 4.11. The molecule has 0 bridgehead atoms. The van der Waals surface area contributed by atoms with Crippen LogP contribution in [0.1, 0.15) is 64.8 Å². The van der Waals surface area contributed by atoms with Gasteiger partial charge in [-0.15, -0.1) is 0 Å². The van der Waals surface area contributed by atoms with Crippen molar-refractivity contribution in [2.24, 2.45) is 0 Å². The van der Waals surface area contributed by atoms with Crippen molar-refractivity contribution in [3.05, 3.63) is 52.7 Å². The maximum absolute atomic E-state index is 14.6. The minimum absolute atomic E-state index is 0.00472. The molecule has 136 valence electrons. The van der Waals surface area contributed by atoms with Crippen LogP contribution in [0.3, 0.4) is 0 Å². The Balaban J connectivity index is 1.77. The average molecular weight is 357 g/mol. The maximum Gasteiger partial charge on any atom is 0.339 e. The van der Waals surface area contributed by atoms with Crippen molar-refractivity contribution in [3.8, 4) is 0 Å². The summed E-state index contributed by atoms with van der Waals surface area (Å²) in [5.41, 5.74) is 0.853. The van der Waals surface area contributed by atoms with E-state index in [9.17, 15) is 19.1 Å². The smallest absolute Gasteiger partial charge is 0.339 e. The Kier molecular flexibility index (Phi) is 3.86. The van der Waals surface area contributed by atoms with Gasteiger partial charge in [0.2, 0.25) is 0 Å². The third-order valence-corrected chi connectivity index (χ3v) is 5.65. The predicted molar refractivity (Wildman–Crippen MR) is 93.3 cm³/mol. The molecule has 1 N–H and O–H groups in total. The second kappa shape index (κ2) is 5.97. The number of furan rings is 1. The first-order valence-corrected chi connectivity index (χ1v) is 8.94. The molecule has 0 saturated heterocycles. The van der Waals surface area contributed by atoms with Gasteiger partial charge in [-0.2, -0.15) is 0 Å². The van der Waals surface area contributed by atoms with Gasteiger partial charge in [-0.05, 0) is 25.0 Å². The summed E-state index contributed by atoms with van der Waals surface area (Å²) in [7, 11) is 0. The van der Waals surface area contributed by atoms with E-state index < -0.39 is 11.9 Å². The minimum atomic E-state index is -1.12. The molecule has 1 aromatic carbocycles. The third-order valence-electron chi connectivity index (χ3n) is 5.65. The van der Waals surface area contributed by atoms with E-state index in [0.29, 0.717) is 24.2 Å². The van der Waals surface area contributed by atoms with E-state index in [0.717, 1.165) is 25.7 Å². The molecule has 6 heteroatoms. The van der Waals surface area contributed by atoms with Crippen molar-refractivity contribution in [1.29, 1.82) is 0 Å². The number of amides is 1. The van der Waals surface area contributed by atoms with E-state index in [1.165, 1.54) is 12.1 Å². The first-order valence-electron chi connectivity index (χ1n) is 8.94. The number of aryl methyl sites for hydroxylation is 1. The van der Waals surface area contributed by atoms with Gasteiger partial charge in [-0.25, -0.2) is 9.18 Å². The van der Waals surface area contributed by atoms with Crippen molar-refractivity contribution >= 4 is 17.6 Å². The third kappa shape index (κ3) is 2.35. The van der Waals surface area contributed by atoms with Crippen molar-refractivity contribution in [1.82, 2.24) is 0 Å². The fourth-order valence-electron chi connectivity index (χ4n) is 4.48. The number of carbonyl (C=O) groups excluding carboxylic acids is 1. The topological polar surface area (TPSA) is 70.8 Å². The lowest BCUT2D eigenvalue weighted by molar-refractivity contribution is 0.0694. The molecule has 0 radical (unpaired) electrons. The molecule has 0 atom stereocenters. The first-order chi connectivity index (χ1) is 12.5. The second-order valence-electron chi connectivity index (χ2n) is 7.12. The van der Waals surface area contributed by atoms with Crippen LogP contribution in [0, 0.1) is 5.82 Å². The van der Waals surface area contributed by atoms with E-state index in [1.807, 2.05) is 0 Å². The molecular weight excluding hydrogens is 337 g/mol. The summed E-state index contributed by atoms with van der Waals surface area (Å²) in [5, 5.41) is 9.28. The standard InChI is InChI=1S/C20H20FNO4/c1-2-15-12(19(24)25)10-16(26-15)18(23)22-11-20(8-3-4-9-20)17-13(21)6-5-7-14(17)22/h5-7,10H,2-4,8-9,11H2,1H3,(H,24,25). The van der Waals surface area contributed by atoms with Crippen LogP contribution in [-0.4, -0.2) is 23.5 Å². The van der Waals surface area contributed by atoms with Crippen LogP contribution in [0.15, 0.2) is 28.7 Å². The molecule has 2 aromatic rings. The Hall–Kier alpha value is -2.63. The number of benzene rings is 1. The van der Waals surface area contributed by atoms with E-state index in [2.05, 4.69) is 0 Å². The normalized spacial score (nSPS) is 17.7. The number of carbonyl (C=O) groups is 2. The Bertz CT molecular complexity index is 895. The lowest BCUT2D eigenvalue weighted by Gasteiger charge is -2.24. The number of anilines is 1. The zero-order valence-corrected chi connectivity index (χ0v) is 14.5. The summed E-state index contributed by atoms with van der Waals surface area (Å²) in [5.74, 6) is -1.55.